The molecule has 0 saturated carbocycles. The Morgan fingerprint density at radius 1 is 0.963 bits per heavy atom. The number of carbonyl (C=O) groups is 1. The third-order valence-corrected chi connectivity index (χ3v) is 4.86. The Morgan fingerprint density at radius 2 is 1.67 bits per heavy atom. The SMILES string of the molecule is O=C(OCc1ccccc1)N1CCN(CC2COc3ccccc3O2)CC1. The van der Waals surface area contributed by atoms with Crippen LogP contribution in [0.1, 0.15) is 5.56 Å². The topological polar surface area (TPSA) is 51.2 Å². The molecule has 4 rings (SSSR count). The highest BCUT2D eigenvalue weighted by Gasteiger charge is 2.27. The second-order valence-electron chi connectivity index (χ2n) is 6.83. The van der Waals surface area contributed by atoms with E-state index >= 15 is 0 Å². The first-order valence-corrected chi connectivity index (χ1v) is 9.34. The molecule has 1 fully saturated rings. The van der Waals surface area contributed by atoms with Crippen LogP contribution in [-0.4, -0.2) is 61.3 Å². The van der Waals surface area contributed by atoms with Gasteiger partial charge in [-0.3, -0.25) is 4.90 Å². The lowest BCUT2D eigenvalue weighted by molar-refractivity contribution is 0.0344. The van der Waals surface area contributed by atoms with E-state index in [2.05, 4.69) is 4.90 Å². The fourth-order valence-electron chi connectivity index (χ4n) is 3.36. The number of rotatable bonds is 4. The summed E-state index contributed by atoms with van der Waals surface area (Å²) in [6.45, 7) is 4.60. The van der Waals surface area contributed by atoms with Crippen molar-refractivity contribution in [2.75, 3.05) is 39.3 Å². The summed E-state index contributed by atoms with van der Waals surface area (Å²) in [4.78, 5) is 16.3. The fourth-order valence-corrected chi connectivity index (χ4v) is 3.36. The number of hydrogen-bond donors (Lipinski definition) is 0. The first kappa shape index (κ1) is 17.7. The molecule has 2 aromatic carbocycles. The van der Waals surface area contributed by atoms with Crippen LogP contribution in [0.3, 0.4) is 0 Å². The summed E-state index contributed by atoms with van der Waals surface area (Å²) in [6, 6.07) is 17.5. The minimum Gasteiger partial charge on any atom is -0.486 e. The van der Waals surface area contributed by atoms with Crippen molar-refractivity contribution in [2.24, 2.45) is 0 Å². The van der Waals surface area contributed by atoms with Gasteiger partial charge in [0, 0.05) is 32.7 Å². The van der Waals surface area contributed by atoms with E-state index in [0.717, 1.165) is 36.7 Å². The van der Waals surface area contributed by atoms with Gasteiger partial charge in [0.15, 0.2) is 11.5 Å². The number of nitrogens with zero attached hydrogens (tertiary/aromatic N) is 2. The standard InChI is InChI=1S/C21H24N2O4/c24-21(26-15-17-6-2-1-3-7-17)23-12-10-22(11-13-23)14-18-16-25-19-8-4-5-9-20(19)27-18/h1-9,18H,10-16H2. The zero-order valence-electron chi connectivity index (χ0n) is 15.3. The number of amides is 1. The van der Waals surface area contributed by atoms with Crippen LogP contribution < -0.4 is 9.47 Å². The van der Waals surface area contributed by atoms with E-state index < -0.39 is 0 Å². The predicted octanol–water partition coefficient (Wildman–Crippen LogP) is 2.78. The van der Waals surface area contributed by atoms with E-state index in [4.69, 9.17) is 14.2 Å². The van der Waals surface area contributed by atoms with Crippen molar-refractivity contribution in [1.82, 2.24) is 9.80 Å². The molecule has 0 aromatic heterocycles. The van der Waals surface area contributed by atoms with Crippen molar-refractivity contribution in [3.05, 3.63) is 60.2 Å². The van der Waals surface area contributed by atoms with Gasteiger partial charge in [-0.1, -0.05) is 42.5 Å². The maximum atomic E-state index is 12.2. The number of piperazine rings is 1. The van der Waals surface area contributed by atoms with E-state index in [1.165, 1.54) is 0 Å². The van der Waals surface area contributed by atoms with Gasteiger partial charge in [-0.15, -0.1) is 0 Å². The van der Waals surface area contributed by atoms with E-state index in [-0.39, 0.29) is 12.2 Å². The van der Waals surface area contributed by atoms with Crippen LogP contribution in [0.5, 0.6) is 11.5 Å². The number of benzene rings is 2. The molecule has 1 amide bonds. The minimum absolute atomic E-state index is 0.0106. The summed E-state index contributed by atoms with van der Waals surface area (Å²) in [5.41, 5.74) is 0.999. The van der Waals surface area contributed by atoms with E-state index in [1.807, 2.05) is 54.6 Å². The summed E-state index contributed by atoms with van der Waals surface area (Å²) in [5.74, 6) is 1.61. The number of ether oxygens (including phenoxy) is 3. The summed E-state index contributed by atoms with van der Waals surface area (Å²) in [6.07, 6.45) is -0.235. The highest BCUT2D eigenvalue weighted by molar-refractivity contribution is 5.67. The zero-order chi connectivity index (χ0) is 18.5. The summed E-state index contributed by atoms with van der Waals surface area (Å²) >= 11 is 0. The van der Waals surface area contributed by atoms with Gasteiger partial charge in [0.1, 0.15) is 19.3 Å². The van der Waals surface area contributed by atoms with Crippen LogP contribution in [0.4, 0.5) is 4.79 Å². The van der Waals surface area contributed by atoms with Crippen molar-refractivity contribution in [2.45, 2.75) is 12.7 Å². The Kier molecular flexibility index (Phi) is 5.44. The first-order valence-electron chi connectivity index (χ1n) is 9.34. The third kappa shape index (κ3) is 4.52. The number of carbonyl (C=O) groups excluding carboxylic acids is 1. The lowest BCUT2D eigenvalue weighted by Gasteiger charge is -2.36. The smallest absolute Gasteiger partial charge is 0.410 e. The molecule has 0 radical (unpaired) electrons. The Morgan fingerprint density at radius 3 is 2.44 bits per heavy atom. The highest BCUT2D eigenvalue weighted by Crippen LogP contribution is 2.31. The molecule has 6 heteroatoms. The van der Waals surface area contributed by atoms with Crippen LogP contribution in [0, 0.1) is 0 Å². The van der Waals surface area contributed by atoms with Gasteiger partial charge in [0.2, 0.25) is 0 Å². The van der Waals surface area contributed by atoms with Crippen LogP contribution >= 0.6 is 0 Å². The molecule has 0 bridgehead atoms. The molecule has 0 aliphatic carbocycles. The Balaban J connectivity index is 1.21. The molecule has 2 aliphatic heterocycles. The molecular weight excluding hydrogens is 344 g/mol. The molecule has 0 N–H and O–H groups in total. The van der Waals surface area contributed by atoms with Crippen molar-refractivity contribution < 1.29 is 19.0 Å². The van der Waals surface area contributed by atoms with Gasteiger partial charge in [0.05, 0.1) is 0 Å². The molecule has 2 aromatic rings. The molecule has 6 nitrogen and oxygen atoms in total. The average molecular weight is 368 g/mol. The van der Waals surface area contributed by atoms with E-state index in [9.17, 15) is 4.79 Å². The van der Waals surface area contributed by atoms with Crippen LogP contribution in [0.2, 0.25) is 0 Å². The molecule has 1 unspecified atom stereocenters. The second-order valence-corrected chi connectivity index (χ2v) is 6.83. The monoisotopic (exact) mass is 368 g/mol. The van der Waals surface area contributed by atoms with Crippen LogP contribution in [-0.2, 0) is 11.3 Å². The largest absolute Gasteiger partial charge is 0.486 e. The number of hydrogen-bond acceptors (Lipinski definition) is 5. The van der Waals surface area contributed by atoms with Gasteiger partial charge in [-0.25, -0.2) is 4.79 Å². The summed E-state index contributed by atoms with van der Waals surface area (Å²) in [5, 5.41) is 0. The molecule has 0 spiro atoms. The van der Waals surface area contributed by atoms with Crippen molar-refractivity contribution >= 4 is 6.09 Å². The van der Waals surface area contributed by atoms with Gasteiger partial charge in [-0.05, 0) is 17.7 Å². The van der Waals surface area contributed by atoms with Crippen LogP contribution in [0.25, 0.3) is 0 Å². The fraction of sp³-hybridized carbons (Fsp3) is 0.381. The molecule has 1 saturated heterocycles. The second kappa shape index (κ2) is 8.31. The summed E-state index contributed by atoms with van der Waals surface area (Å²) < 4.78 is 17.2. The quantitative estimate of drug-likeness (QED) is 0.831. The van der Waals surface area contributed by atoms with Gasteiger partial charge in [-0.2, -0.15) is 0 Å². The van der Waals surface area contributed by atoms with Gasteiger partial charge >= 0.3 is 6.09 Å². The van der Waals surface area contributed by atoms with Crippen molar-refractivity contribution in [1.29, 1.82) is 0 Å². The maximum absolute atomic E-state index is 12.2. The number of para-hydroxylation sites is 2. The lowest BCUT2D eigenvalue weighted by Crippen LogP contribution is -2.52. The van der Waals surface area contributed by atoms with Crippen LogP contribution in [0.15, 0.2) is 54.6 Å². The maximum Gasteiger partial charge on any atom is 0.410 e. The van der Waals surface area contributed by atoms with E-state index in [1.54, 1.807) is 4.90 Å². The van der Waals surface area contributed by atoms with Crippen molar-refractivity contribution in [3.8, 4) is 11.5 Å². The molecule has 2 heterocycles. The predicted molar refractivity (Wildman–Crippen MR) is 101 cm³/mol. The molecular formula is C21H24N2O4. The molecule has 27 heavy (non-hydrogen) atoms. The Bertz CT molecular complexity index is 760. The van der Waals surface area contributed by atoms with Crippen molar-refractivity contribution in [3.63, 3.8) is 0 Å². The van der Waals surface area contributed by atoms with E-state index in [0.29, 0.717) is 26.3 Å². The summed E-state index contributed by atoms with van der Waals surface area (Å²) in [7, 11) is 0. The molecule has 1 atom stereocenters. The van der Waals surface area contributed by atoms with Gasteiger partial charge in [0.25, 0.3) is 0 Å². The molecule has 142 valence electrons. The Labute approximate surface area is 159 Å². The average Bonchev–Trinajstić information content (AvgIpc) is 2.73. The molecule has 2 aliphatic rings. The first-order chi connectivity index (χ1) is 13.3. The minimum atomic E-state index is -0.246. The lowest BCUT2D eigenvalue weighted by atomic mass is 10.2. The highest BCUT2D eigenvalue weighted by atomic mass is 16.6. The normalized spacial score (nSPS) is 19.6. The number of fused-ring (bicyclic) bond motifs is 1. The third-order valence-electron chi connectivity index (χ3n) is 4.86. The van der Waals surface area contributed by atoms with Gasteiger partial charge < -0.3 is 19.1 Å². The zero-order valence-corrected chi connectivity index (χ0v) is 15.3. The Hall–Kier alpha value is -2.73.